The number of aromatic nitrogens is 4. The Labute approximate surface area is 104 Å². The van der Waals surface area contributed by atoms with Gasteiger partial charge in [-0.25, -0.2) is 15.0 Å². The minimum atomic E-state index is 0.613. The van der Waals surface area contributed by atoms with E-state index in [2.05, 4.69) is 25.3 Å². The Balaban J connectivity index is 1.69. The van der Waals surface area contributed by atoms with Gasteiger partial charge < -0.3 is 10.3 Å². The first-order valence-corrected chi connectivity index (χ1v) is 6.92. The van der Waals surface area contributed by atoms with E-state index in [9.17, 15) is 0 Å². The van der Waals surface area contributed by atoms with E-state index in [4.69, 9.17) is 0 Å². The van der Waals surface area contributed by atoms with Crippen molar-refractivity contribution >= 4 is 22.9 Å². The summed E-state index contributed by atoms with van der Waals surface area (Å²) in [6, 6.07) is 0.613. The van der Waals surface area contributed by atoms with Crippen LogP contribution in [0.2, 0.25) is 0 Å². The summed E-state index contributed by atoms with van der Waals surface area (Å²) >= 11 is 1.78. The smallest absolute Gasteiger partial charge is 0.181 e. The molecule has 3 rings (SSSR count). The summed E-state index contributed by atoms with van der Waals surface area (Å²) in [5.74, 6) is 1.06. The molecule has 3 heterocycles. The molecule has 17 heavy (non-hydrogen) atoms. The van der Waals surface area contributed by atoms with Gasteiger partial charge in [0, 0.05) is 11.8 Å². The van der Waals surface area contributed by atoms with Gasteiger partial charge in [-0.3, -0.25) is 0 Å². The second-order valence-electron chi connectivity index (χ2n) is 4.24. The number of H-pyrrole nitrogens is 1. The van der Waals surface area contributed by atoms with Crippen LogP contribution >= 0.6 is 11.8 Å². The lowest BCUT2D eigenvalue weighted by Crippen LogP contribution is -2.35. The third kappa shape index (κ3) is 2.42. The van der Waals surface area contributed by atoms with Gasteiger partial charge in [-0.1, -0.05) is 6.42 Å². The highest BCUT2D eigenvalue weighted by molar-refractivity contribution is 7.99. The van der Waals surface area contributed by atoms with Crippen LogP contribution in [0.1, 0.15) is 19.3 Å². The van der Waals surface area contributed by atoms with Gasteiger partial charge in [0.1, 0.15) is 16.9 Å². The highest BCUT2D eigenvalue weighted by Gasteiger charge is 2.14. The Morgan fingerprint density at radius 2 is 2.29 bits per heavy atom. The fourth-order valence-corrected chi connectivity index (χ4v) is 3.16. The van der Waals surface area contributed by atoms with Gasteiger partial charge in [0.25, 0.3) is 0 Å². The summed E-state index contributed by atoms with van der Waals surface area (Å²) in [4.78, 5) is 15.7. The second-order valence-corrected chi connectivity index (χ2v) is 5.25. The number of hydrogen-bond acceptors (Lipinski definition) is 5. The summed E-state index contributed by atoms with van der Waals surface area (Å²) < 4.78 is 0. The topological polar surface area (TPSA) is 66.5 Å². The molecule has 1 aliphatic heterocycles. The largest absolute Gasteiger partial charge is 0.341 e. The Bertz CT molecular complexity index is 491. The molecule has 1 fully saturated rings. The monoisotopic (exact) mass is 249 g/mol. The minimum Gasteiger partial charge on any atom is -0.341 e. The number of nitrogens with one attached hydrogen (secondary N) is 2. The molecule has 5 nitrogen and oxygen atoms in total. The average Bonchev–Trinajstić information content (AvgIpc) is 2.86. The maximum absolute atomic E-state index is 4.32. The van der Waals surface area contributed by atoms with Crippen molar-refractivity contribution in [2.75, 3.05) is 12.3 Å². The van der Waals surface area contributed by atoms with Gasteiger partial charge >= 0.3 is 0 Å². The molecule has 1 atom stereocenters. The van der Waals surface area contributed by atoms with Crippen molar-refractivity contribution in [2.24, 2.45) is 0 Å². The average molecular weight is 249 g/mol. The molecule has 2 aromatic rings. The molecule has 1 unspecified atom stereocenters. The molecule has 6 heteroatoms. The maximum atomic E-state index is 4.32. The fraction of sp³-hybridized carbons (Fsp3) is 0.545. The van der Waals surface area contributed by atoms with E-state index in [0.717, 1.165) is 28.5 Å². The van der Waals surface area contributed by atoms with Crippen LogP contribution < -0.4 is 5.32 Å². The highest BCUT2D eigenvalue weighted by atomic mass is 32.2. The Kier molecular flexibility index (Phi) is 3.24. The zero-order valence-electron chi connectivity index (χ0n) is 9.52. The van der Waals surface area contributed by atoms with Crippen LogP contribution in [0.15, 0.2) is 17.7 Å². The first-order chi connectivity index (χ1) is 8.43. The molecule has 0 aromatic carbocycles. The highest BCUT2D eigenvalue weighted by Crippen LogP contribution is 2.23. The molecule has 0 spiro atoms. The molecule has 1 saturated heterocycles. The molecule has 0 amide bonds. The van der Waals surface area contributed by atoms with Gasteiger partial charge in [-0.2, -0.15) is 0 Å². The van der Waals surface area contributed by atoms with E-state index < -0.39 is 0 Å². The zero-order valence-corrected chi connectivity index (χ0v) is 10.3. The number of fused-ring (bicyclic) bond motifs is 1. The predicted molar refractivity (Wildman–Crippen MR) is 68.0 cm³/mol. The normalized spacial score (nSPS) is 20.8. The van der Waals surface area contributed by atoms with E-state index >= 15 is 0 Å². The maximum Gasteiger partial charge on any atom is 0.181 e. The Hall–Kier alpha value is -1.14. The second kappa shape index (κ2) is 5.01. The van der Waals surface area contributed by atoms with E-state index in [1.54, 1.807) is 24.4 Å². The Morgan fingerprint density at radius 1 is 1.29 bits per heavy atom. The number of rotatable bonds is 3. The van der Waals surface area contributed by atoms with Crippen molar-refractivity contribution in [2.45, 2.75) is 30.3 Å². The molecule has 0 aliphatic carbocycles. The minimum absolute atomic E-state index is 0.613. The van der Waals surface area contributed by atoms with Crippen LogP contribution in [0.25, 0.3) is 11.2 Å². The van der Waals surface area contributed by atoms with Gasteiger partial charge in [0.2, 0.25) is 0 Å². The Morgan fingerprint density at radius 3 is 3.18 bits per heavy atom. The van der Waals surface area contributed by atoms with Crippen molar-refractivity contribution in [3.8, 4) is 0 Å². The summed E-state index contributed by atoms with van der Waals surface area (Å²) in [6.45, 7) is 1.15. The number of thioether (sulfide) groups is 1. The summed E-state index contributed by atoms with van der Waals surface area (Å²) in [5.41, 5.74) is 1.70. The fourth-order valence-electron chi connectivity index (χ4n) is 2.10. The lowest BCUT2D eigenvalue weighted by Gasteiger charge is -2.22. The number of nitrogens with zero attached hydrogens (tertiary/aromatic N) is 3. The molecule has 1 aliphatic rings. The van der Waals surface area contributed by atoms with Crippen LogP contribution in [0.3, 0.4) is 0 Å². The van der Waals surface area contributed by atoms with Crippen LogP contribution in [-0.4, -0.2) is 38.3 Å². The van der Waals surface area contributed by atoms with Crippen LogP contribution in [0, 0.1) is 0 Å². The van der Waals surface area contributed by atoms with Gasteiger partial charge in [-0.15, -0.1) is 11.8 Å². The van der Waals surface area contributed by atoms with Gasteiger partial charge in [-0.05, 0) is 19.4 Å². The first kappa shape index (κ1) is 11.0. The van der Waals surface area contributed by atoms with Crippen LogP contribution in [0.5, 0.6) is 0 Å². The van der Waals surface area contributed by atoms with Crippen molar-refractivity contribution in [3.05, 3.63) is 12.7 Å². The van der Waals surface area contributed by atoms with Crippen LogP contribution in [-0.2, 0) is 0 Å². The molecule has 0 saturated carbocycles. The predicted octanol–water partition coefficient (Wildman–Crippen LogP) is 1.59. The van der Waals surface area contributed by atoms with Crippen molar-refractivity contribution in [1.29, 1.82) is 0 Å². The van der Waals surface area contributed by atoms with Gasteiger partial charge in [0.15, 0.2) is 5.65 Å². The van der Waals surface area contributed by atoms with Gasteiger partial charge in [0.05, 0.1) is 6.33 Å². The van der Waals surface area contributed by atoms with Crippen molar-refractivity contribution < 1.29 is 0 Å². The van der Waals surface area contributed by atoms with E-state index in [1.165, 1.54) is 19.3 Å². The lowest BCUT2D eigenvalue weighted by atomic mass is 10.1. The molecule has 90 valence electrons. The molecule has 0 radical (unpaired) electrons. The van der Waals surface area contributed by atoms with E-state index in [-0.39, 0.29) is 0 Å². The van der Waals surface area contributed by atoms with E-state index in [1.807, 2.05) is 0 Å². The van der Waals surface area contributed by atoms with Crippen molar-refractivity contribution in [1.82, 2.24) is 25.3 Å². The van der Waals surface area contributed by atoms with Crippen molar-refractivity contribution in [3.63, 3.8) is 0 Å². The standard InChI is InChI=1S/C11H15N5S/c1-2-4-12-8(3-1)5-17-11-9-10(14-6-13-9)15-7-16-11/h6-8,12H,1-5H2,(H,13,14,15,16). The lowest BCUT2D eigenvalue weighted by molar-refractivity contribution is 0.430. The van der Waals surface area contributed by atoms with Crippen LogP contribution in [0.4, 0.5) is 0 Å². The number of aromatic amines is 1. The SMILES string of the molecule is c1nc(SCC2CCCCN2)c2[nH]cnc2n1. The third-order valence-corrected chi connectivity index (χ3v) is 4.17. The molecular weight excluding hydrogens is 234 g/mol. The molecule has 2 N–H and O–H groups in total. The third-order valence-electron chi connectivity index (χ3n) is 3.02. The number of hydrogen-bond donors (Lipinski definition) is 2. The van der Waals surface area contributed by atoms with E-state index in [0.29, 0.717) is 6.04 Å². The first-order valence-electron chi connectivity index (χ1n) is 5.94. The summed E-state index contributed by atoms with van der Waals surface area (Å²) in [7, 11) is 0. The number of imidazole rings is 1. The quantitative estimate of drug-likeness (QED) is 0.638. The molecule has 2 aromatic heterocycles. The summed E-state index contributed by atoms with van der Waals surface area (Å²) in [5, 5.41) is 4.54. The number of piperidine rings is 1. The summed E-state index contributed by atoms with van der Waals surface area (Å²) in [6.07, 6.45) is 7.16. The zero-order chi connectivity index (χ0) is 11.5. The molecular formula is C11H15N5S. The molecule has 0 bridgehead atoms.